The molecular formula is C30H44N4O6S. The van der Waals surface area contributed by atoms with Crippen molar-refractivity contribution in [1.29, 1.82) is 0 Å². The monoisotopic (exact) mass is 588 g/mol. The number of epoxide rings is 1. The van der Waals surface area contributed by atoms with E-state index in [1.54, 1.807) is 27.1 Å². The lowest BCUT2D eigenvalue weighted by molar-refractivity contribution is -0.154. The molecule has 226 valence electrons. The van der Waals surface area contributed by atoms with Crippen LogP contribution in [-0.4, -0.2) is 77.8 Å². The lowest BCUT2D eigenvalue weighted by atomic mass is 9.73. The van der Waals surface area contributed by atoms with Gasteiger partial charge in [-0.25, -0.2) is 15.0 Å². The Bertz CT molecular complexity index is 1330. The van der Waals surface area contributed by atoms with Gasteiger partial charge in [0.05, 0.1) is 42.1 Å². The number of Topliss-reactive ketones (excluding diaryl/α,β-unsaturated/α-hetero) is 1. The van der Waals surface area contributed by atoms with Crippen molar-refractivity contribution in [2.75, 3.05) is 6.26 Å². The second-order valence-corrected chi connectivity index (χ2v) is 13.4. The molecule has 0 unspecified atom stereocenters. The number of aryl methyl sites for hydroxylation is 1. The molecule has 0 saturated carbocycles. The van der Waals surface area contributed by atoms with Crippen LogP contribution in [0, 0.1) is 17.3 Å². The number of hydrogen-bond donors (Lipinski definition) is 2. The molecule has 0 spiro atoms. The molecule has 2 fully saturated rings. The molecule has 2 aliphatic heterocycles. The first-order chi connectivity index (χ1) is 19.2. The van der Waals surface area contributed by atoms with Crippen molar-refractivity contribution in [1.82, 2.24) is 19.5 Å². The van der Waals surface area contributed by atoms with Crippen LogP contribution in [0.15, 0.2) is 16.9 Å². The summed E-state index contributed by atoms with van der Waals surface area (Å²) in [6.45, 7) is 10.8. The van der Waals surface area contributed by atoms with Gasteiger partial charge in [-0.2, -0.15) is 0 Å². The van der Waals surface area contributed by atoms with Crippen LogP contribution in [0.5, 0.6) is 0 Å². The number of ether oxygens (including phenoxy) is 2. The number of hydrogen-bond acceptors (Lipinski definition) is 10. The van der Waals surface area contributed by atoms with E-state index in [2.05, 4.69) is 21.9 Å². The van der Waals surface area contributed by atoms with Crippen LogP contribution in [0.25, 0.3) is 17.2 Å². The van der Waals surface area contributed by atoms with E-state index < -0.39 is 35.6 Å². The Morgan fingerprint density at radius 2 is 1.90 bits per heavy atom. The lowest BCUT2D eigenvalue weighted by Gasteiger charge is -2.34. The molecule has 10 nitrogen and oxygen atoms in total. The summed E-state index contributed by atoms with van der Waals surface area (Å²) in [5.74, 6) is -1.18. The number of aliphatic hydroxyl groups is 2. The summed E-state index contributed by atoms with van der Waals surface area (Å²) in [7, 11) is 1.88. The molecule has 0 aromatic carbocycles. The average Bonchev–Trinajstić information content (AvgIpc) is 3.40. The molecule has 4 rings (SSSR count). The van der Waals surface area contributed by atoms with Crippen LogP contribution in [0.1, 0.15) is 79.5 Å². The van der Waals surface area contributed by atoms with E-state index in [0.717, 1.165) is 35.4 Å². The summed E-state index contributed by atoms with van der Waals surface area (Å²) in [4.78, 5) is 40.3. The van der Waals surface area contributed by atoms with Crippen molar-refractivity contribution >= 4 is 40.8 Å². The third kappa shape index (κ3) is 6.68. The van der Waals surface area contributed by atoms with Gasteiger partial charge in [-0.1, -0.05) is 34.1 Å². The minimum atomic E-state index is -1.27. The van der Waals surface area contributed by atoms with Gasteiger partial charge in [-0.3, -0.25) is 9.59 Å². The van der Waals surface area contributed by atoms with Gasteiger partial charge in [-0.05, 0) is 50.5 Å². The molecule has 2 N–H and O–H groups in total. The first-order valence-corrected chi connectivity index (χ1v) is 15.6. The number of esters is 1. The molecule has 0 amide bonds. The zero-order valence-corrected chi connectivity index (χ0v) is 26.2. The minimum absolute atomic E-state index is 0.0959. The number of cyclic esters (lactones) is 1. The van der Waals surface area contributed by atoms with E-state index in [9.17, 15) is 19.8 Å². The number of thioether (sulfide) groups is 1. The summed E-state index contributed by atoms with van der Waals surface area (Å²) in [6, 6.07) is 0. The molecular weight excluding hydrogens is 544 g/mol. The van der Waals surface area contributed by atoms with Crippen molar-refractivity contribution in [3.8, 4) is 0 Å². The molecule has 11 heteroatoms. The van der Waals surface area contributed by atoms with Gasteiger partial charge in [0.1, 0.15) is 22.4 Å². The lowest BCUT2D eigenvalue weighted by Crippen LogP contribution is -2.45. The molecule has 2 saturated heterocycles. The van der Waals surface area contributed by atoms with E-state index in [1.807, 2.05) is 37.8 Å². The number of fused-ring (bicyclic) bond motifs is 2. The van der Waals surface area contributed by atoms with Gasteiger partial charge >= 0.3 is 5.97 Å². The van der Waals surface area contributed by atoms with Crippen molar-refractivity contribution in [2.24, 2.45) is 24.3 Å². The number of aromatic nitrogens is 4. The van der Waals surface area contributed by atoms with Gasteiger partial charge in [0.15, 0.2) is 11.5 Å². The second kappa shape index (κ2) is 12.1. The summed E-state index contributed by atoms with van der Waals surface area (Å²) in [5, 5.41) is 22.7. The molecule has 7 atom stereocenters. The topological polar surface area (TPSA) is 140 Å². The number of carbonyl (C=O) groups excluding carboxylic acids is 2. The van der Waals surface area contributed by atoms with Crippen molar-refractivity contribution in [3.63, 3.8) is 0 Å². The van der Waals surface area contributed by atoms with E-state index in [-0.39, 0.29) is 29.8 Å². The van der Waals surface area contributed by atoms with Crippen molar-refractivity contribution < 1.29 is 29.3 Å². The number of carbonyl (C=O) groups is 2. The fourth-order valence-electron chi connectivity index (χ4n) is 5.79. The van der Waals surface area contributed by atoms with E-state index in [4.69, 9.17) is 9.47 Å². The SMILES string of the molecule is CSc1nc(C=C(C)[C@@H]2C[C@@H]3O[C@]3(C)CCC[C@H](C)[C@H](O)[C@@H](C)C(=O)C(C)(C)[C@@H](O)CC(=O)O2)nc2c1ncn2C. The standard InChI is InChI=1S/C30H44N4O6S/c1-16-10-9-11-30(6)21(40-30)13-19(39-23(36)14-20(35)29(4,5)26(38)18(3)25(16)37)17(2)12-22-32-27-24(28(33-22)41-8)31-15-34(27)7/h12,15-16,18-21,25,35,37H,9-11,13-14H2,1-8H3/t16-,18+,19-,20-,21-,25-,30+/m0/s1. The van der Waals surface area contributed by atoms with Gasteiger partial charge in [0.25, 0.3) is 0 Å². The Morgan fingerprint density at radius 1 is 1.20 bits per heavy atom. The Hall–Kier alpha value is -2.34. The first-order valence-electron chi connectivity index (χ1n) is 14.4. The Morgan fingerprint density at radius 3 is 2.59 bits per heavy atom. The minimum Gasteiger partial charge on any atom is -0.458 e. The first kappa shape index (κ1) is 31.6. The summed E-state index contributed by atoms with van der Waals surface area (Å²) < 4.78 is 13.9. The Balaban J connectivity index is 1.63. The second-order valence-electron chi connectivity index (χ2n) is 12.6. The highest BCUT2D eigenvalue weighted by atomic mass is 32.2. The van der Waals surface area contributed by atoms with E-state index in [0.29, 0.717) is 17.9 Å². The highest BCUT2D eigenvalue weighted by Gasteiger charge is 2.53. The maximum absolute atomic E-state index is 13.3. The predicted molar refractivity (Wildman–Crippen MR) is 157 cm³/mol. The summed E-state index contributed by atoms with van der Waals surface area (Å²) >= 11 is 1.49. The maximum atomic E-state index is 13.3. The van der Waals surface area contributed by atoms with Gasteiger partial charge in [-0.15, -0.1) is 11.8 Å². The third-order valence-corrected chi connectivity index (χ3v) is 9.68. The third-order valence-electron chi connectivity index (χ3n) is 9.01. The maximum Gasteiger partial charge on any atom is 0.309 e. The van der Waals surface area contributed by atoms with Crippen LogP contribution in [0.4, 0.5) is 0 Å². The highest BCUT2D eigenvalue weighted by molar-refractivity contribution is 7.98. The highest BCUT2D eigenvalue weighted by Crippen LogP contribution is 2.45. The van der Waals surface area contributed by atoms with Crippen LogP contribution in [0.2, 0.25) is 0 Å². The quantitative estimate of drug-likeness (QED) is 0.233. The largest absolute Gasteiger partial charge is 0.458 e. The van der Waals surface area contributed by atoms with E-state index >= 15 is 0 Å². The molecule has 0 radical (unpaired) electrons. The molecule has 4 heterocycles. The Kier molecular flexibility index (Phi) is 9.33. The zero-order chi connectivity index (χ0) is 30.3. The van der Waals surface area contributed by atoms with Crippen LogP contribution < -0.4 is 0 Å². The average molecular weight is 589 g/mol. The number of aliphatic hydroxyl groups excluding tert-OH is 2. The van der Waals surface area contributed by atoms with Crippen molar-refractivity contribution in [3.05, 3.63) is 17.7 Å². The number of imidazole rings is 1. The van der Waals surface area contributed by atoms with Crippen molar-refractivity contribution in [2.45, 2.75) is 109 Å². The number of ketones is 1. The fourth-order valence-corrected chi connectivity index (χ4v) is 6.32. The zero-order valence-electron chi connectivity index (χ0n) is 25.4. The van der Waals surface area contributed by atoms with Gasteiger partial charge < -0.3 is 24.3 Å². The predicted octanol–water partition coefficient (Wildman–Crippen LogP) is 4.11. The van der Waals surface area contributed by atoms with E-state index in [1.165, 1.54) is 11.8 Å². The molecule has 0 bridgehead atoms. The van der Waals surface area contributed by atoms with Crippen LogP contribution >= 0.6 is 11.8 Å². The number of rotatable bonds is 3. The summed E-state index contributed by atoms with van der Waals surface area (Å²) in [5.41, 5.74) is 0.595. The number of nitrogens with zero attached hydrogens (tertiary/aromatic N) is 4. The summed E-state index contributed by atoms with van der Waals surface area (Å²) in [6.07, 6.45) is 5.07. The van der Waals surface area contributed by atoms with Crippen LogP contribution in [-0.2, 0) is 26.1 Å². The smallest absolute Gasteiger partial charge is 0.309 e. The Labute approximate surface area is 246 Å². The van der Waals surface area contributed by atoms with Gasteiger partial charge in [0, 0.05) is 19.4 Å². The van der Waals surface area contributed by atoms with Crippen LogP contribution in [0.3, 0.4) is 0 Å². The molecule has 0 aliphatic carbocycles. The molecule has 2 aliphatic rings. The normalized spacial score (nSPS) is 33.9. The fraction of sp³-hybridized carbons (Fsp3) is 0.700. The molecule has 41 heavy (non-hydrogen) atoms. The molecule has 2 aromatic rings. The molecule has 2 aromatic heterocycles. The van der Waals surface area contributed by atoms with Gasteiger partial charge in [0.2, 0.25) is 0 Å².